The van der Waals surface area contributed by atoms with Crippen LogP contribution in [0.5, 0.6) is 28.7 Å². The van der Waals surface area contributed by atoms with E-state index in [4.69, 9.17) is 144 Å². The molecule has 2 aliphatic rings. The molecule has 14 aromatic rings. The normalized spacial score (nSPS) is 13.3. The van der Waals surface area contributed by atoms with Gasteiger partial charge in [0, 0.05) is 126 Å². The van der Waals surface area contributed by atoms with Crippen molar-refractivity contribution in [3.8, 4) is 28.7 Å². The SMILES string of the molecule is CC(COS(C)(=O)=O)Cn1ccc(=O)c(OCc2ccccc2)c1C(=O)NCc1ccc(Cl)c(Cl)c1.CC(O)Cn1ccc(=O)c(OCc2ccccc2)c1C(=O)NCc1ccc(Cl)c(Cl)c1.CC1Cn2ccc(=O)c(O)c2C(=O)N1Cc1ccc(Cl)c(Cl)c1.CC1Cn2ccc(=O)c(OCc3ccccc3)c2C(=O)N1Cc1ccc(Cl)c(Cl)c1.O=C(NCc1ccc(Cl)c(Cl)c1)c1occc(=O)c1OCc1ccccc1. The van der Waals surface area contributed by atoms with Crippen LogP contribution in [-0.4, -0.2) is 107 Å². The van der Waals surface area contributed by atoms with Crippen molar-refractivity contribution in [1.82, 2.24) is 44.0 Å². The highest BCUT2D eigenvalue weighted by Gasteiger charge is 2.36. The average molecular weight is 2220 g/mol. The number of carbonyl (C=O) groups excluding carboxylic acids is 5. The van der Waals surface area contributed by atoms with Crippen molar-refractivity contribution in [2.75, 3.05) is 12.9 Å². The lowest BCUT2D eigenvalue weighted by atomic mass is 10.1. The zero-order valence-corrected chi connectivity index (χ0v) is 87.7. The van der Waals surface area contributed by atoms with Gasteiger partial charge in [0.1, 0.15) is 26.4 Å². The van der Waals surface area contributed by atoms with Gasteiger partial charge in [0.2, 0.25) is 38.7 Å². The summed E-state index contributed by atoms with van der Waals surface area (Å²) in [5.41, 5.74) is 5.54. The molecule has 9 aromatic carbocycles. The maximum atomic E-state index is 13.4. The summed E-state index contributed by atoms with van der Waals surface area (Å²) in [5, 5.41) is 32.2. The summed E-state index contributed by atoms with van der Waals surface area (Å²) in [4.78, 5) is 130. The van der Waals surface area contributed by atoms with Crippen LogP contribution >= 0.6 is 116 Å². The van der Waals surface area contributed by atoms with E-state index in [1.165, 1.54) is 53.5 Å². The summed E-state index contributed by atoms with van der Waals surface area (Å²) in [6.07, 6.45) is 7.52. The molecule has 7 heterocycles. The Bertz CT molecular complexity index is 7520. The molecule has 5 amide bonds. The molecule has 4 unspecified atom stereocenters. The first-order valence-corrected chi connectivity index (χ1v) is 50.9. The molecule has 0 saturated carbocycles. The number of fused-ring (bicyclic) bond motifs is 2. The standard InChI is InChI=1S/C25H26Cl2N2O6S.C23H22Cl2N2O4.C23H20Cl2N2O3.C20H15Cl2NO4.C16H14Cl2N2O3/c1-17(15-35-36(2,32)33)14-29-11-10-22(30)24(34-16-18-6-4-3-5-7-18)23(29)25(31)28-13-19-8-9-20(26)21(27)12-19;1-15(28)13-27-10-9-20(29)22(31-14-16-5-3-2-4-6-16)21(27)23(30)26-12-17-7-8-18(24)19(25)11-17;1-15-12-26-10-9-20(28)22(30-14-16-5-3-2-4-6-16)21(26)23(29)27(15)13-17-7-8-18(24)19(25)11-17;21-15-7-6-14(10-16(15)22)11-23-20(25)19-18(17(24)8-9-26-19)27-12-13-4-2-1-3-5-13;1-9-7-19-5-4-13(21)15(22)14(19)16(23)20(9)8-10-2-3-11(17)12(18)6-10/h3-12,17H,13-16H2,1-2H3,(H,28,31);2-11,15,28H,12-14H2,1H3,(H,26,30);2-11,15H,12-14H2,1H3;1-10H,11-12H2,(H,23,25);2-6,9,22H,7-8H2,1H3. The lowest BCUT2D eigenvalue weighted by Gasteiger charge is -2.36. The molecule has 0 radical (unpaired) electrons. The van der Waals surface area contributed by atoms with Gasteiger partial charge in [-0.25, -0.2) is 0 Å². The molecule has 0 saturated heterocycles. The monoisotopic (exact) mass is 2210 g/mol. The number of nitrogens with zero attached hydrogens (tertiary/aromatic N) is 6. The number of aromatic hydroxyl groups is 1. The summed E-state index contributed by atoms with van der Waals surface area (Å²) < 4.78 is 62.3. The van der Waals surface area contributed by atoms with E-state index < -0.39 is 61.4 Å². The van der Waals surface area contributed by atoms with Crippen LogP contribution in [0.1, 0.15) is 130 Å². The Labute approximate surface area is 895 Å². The van der Waals surface area contributed by atoms with E-state index in [-0.39, 0.29) is 153 Å². The highest BCUT2D eigenvalue weighted by Crippen LogP contribution is 2.34. The molecule has 0 bridgehead atoms. The van der Waals surface area contributed by atoms with Crippen LogP contribution in [0.15, 0.2) is 302 Å². The number of hydrogen-bond acceptors (Lipinski definition) is 20. The van der Waals surface area contributed by atoms with Crippen molar-refractivity contribution < 1.29 is 70.2 Å². The molecule has 147 heavy (non-hydrogen) atoms. The van der Waals surface area contributed by atoms with Crippen LogP contribution in [0.25, 0.3) is 0 Å². The predicted octanol–water partition coefficient (Wildman–Crippen LogP) is 20.5. The number of nitrogens with one attached hydrogen (secondary N) is 3. The quantitative estimate of drug-likeness (QED) is 0.0244. The van der Waals surface area contributed by atoms with E-state index in [0.717, 1.165) is 57.0 Å². The predicted molar refractivity (Wildman–Crippen MR) is 569 cm³/mol. The summed E-state index contributed by atoms with van der Waals surface area (Å²) in [5.74, 6) is -3.47. The number of pyridine rings is 4. The number of aliphatic hydroxyl groups is 1. The van der Waals surface area contributed by atoms with E-state index in [9.17, 15) is 66.6 Å². The molecule has 0 fully saturated rings. The number of halogens is 10. The lowest BCUT2D eigenvalue weighted by Crippen LogP contribution is -2.47. The Hall–Kier alpha value is -13.2. The maximum absolute atomic E-state index is 13.4. The fraction of sp³-hybridized carbons (Fsp3) is 0.215. The Morgan fingerprint density at radius 3 is 1.09 bits per heavy atom. The molecule has 40 heteroatoms. The van der Waals surface area contributed by atoms with Crippen LogP contribution in [0.4, 0.5) is 0 Å². The minimum absolute atomic E-state index is 0.0182. The third kappa shape index (κ3) is 31.9. The second-order valence-corrected chi connectivity index (χ2v) is 39.6. The first-order chi connectivity index (χ1) is 70.2. The minimum atomic E-state index is -3.62. The Kier molecular flexibility index (Phi) is 40.9. The van der Waals surface area contributed by atoms with Crippen molar-refractivity contribution in [3.05, 3.63) is 454 Å². The van der Waals surface area contributed by atoms with Gasteiger partial charge in [-0.2, -0.15) is 8.42 Å². The molecular formula is C107H97Cl10N9O20S. The zero-order chi connectivity index (χ0) is 106. The van der Waals surface area contributed by atoms with Crippen LogP contribution < -0.4 is 62.0 Å². The van der Waals surface area contributed by atoms with Crippen LogP contribution in [0, 0.1) is 5.92 Å². The Balaban J connectivity index is 0.000000164. The molecule has 2 aliphatic heterocycles. The third-order valence-corrected chi connectivity index (χ3v) is 26.6. The minimum Gasteiger partial charge on any atom is -0.503 e. The fourth-order valence-electron chi connectivity index (χ4n) is 15.0. The fourth-order valence-corrected chi connectivity index (χ4v) is 17.1. The summed E-state index contributed by atoms with van der Waals surface area (Å²) in [6, 6.07) is 69.3. The highest BCUT2D eigenvalue weighted by atomic mass is 35.5. The van der Waals surface area contributed by atoms with Gasteiger partial charge >= 0.3 is 0 Å². The number of aromatic nitrogens is 4. The van der Waals surface area contributed by atoms with Crippen molar-refractivity contribution in [1.29, 1.82) is 0 Å². The van der Waals surface area contributed by atoms with Gasteiger partial charge in [-0.05, 0) is 137 Å². The molecule has 0 aliphatic carbocycles. The summed E-state index contributed by atoms with van der Waals surface area (Å²) in [6.45, 7) is 10.3. The third-order valence-electron chi connectivity index (χ3n) is 22.4. The molecule has 5 N–H and O–H groups in total. The van der Waals surface area contributed by atoms with Crippen molar-refractivity contribution in [3.63, 3.8) is 0 Å². The number of carbonyl (C=O) groups is 5. The van der Waals surface area contributed by atoms with E-state index in [1.54, 1.807) is 128 Å². The van der Waals surface area contributed by atoms with Crippen LogP contribution in [0.2, 0.25) is 50.2 Å². The van der Waals surface area contributed by atoms with E-state index in [0.29, 0.717) is 82.0 Å². The smallest absolute Gasteiger partial charge is 0.291 e. The molecular weight excluding hydrogens is 2120 g/mol. The maximum Gasteiger partial charge on any atom is 0.291 e. The number of ether oxygens (including phenoxy) is 4. The first-order valence-electron chi connectivity index (χ1n) is 45.3. The van der Waals surface area contributed by atoms with Gasteiger partial charge in [-0.1, -0.05) is 275 Å². The average Bonchev–Trinajstić information content (AvgIpc) is 0.773. The molecule has 16 rings (SSSR count). The van der Waals surface area contributed by atoms with Crippen LogP contribution in [0.3, 0.4) is 0 Å². The Morgan fingerprint density at radius 2 is 0.707 bits per heavy atom. The second-order valence-electron chi connectivity index (χ2n) is 33.9. The number of hydrogen-bond donors (Lipinski definition) is 5. The number of benzene rings is 9. The topological polar surface area (TPSA) is 367 Å². The lowest BCUT2D eigenvalue weighted by molar-refractivity contribution is 0.0577. The molecule has 5 aromatic heterocycles. The van der Waals surface area contributed by atoms with E-state index in [2.05, 4.69) is 16.0 Å². The molecule has 29 nitrogen and oxygen atoms in total. The summed E-state index contributed by atoms with van der Waals surface area (Å²) >= 11 is 59.9. The van der Waals surface area contributed by atoms with Gasteiger partial charge in [-0.3, -0.25) is 52.1 Å². The number of amides is 5. The highest BCUT2D eigenvalue weighted by molar-refractivity contribution is 7.86. The van der Waals surface area contributed by atoms with E-state index in [1.807, 2.05) is 141 Å². The summed E-state index contributed by atoms with van der Waals surface area (Å²) in [7, 11) is -3.62. The molecule has 0 spiro atoms. The van der Waals surface area contributed by atoms with Gasteiger partial charge in [0.15, 0.2) is 45.8 Å². The van der Waals surface area contributed by atoms with Crippen molar-refractivity contribution >= 4 is 156 Å². The Morgan fingerprint density at radius 1 is 0.388 bits per heavy atom. The van der Waals surface area contributed by atoms with Crippen molar-refractivity contribution in [2.24, 2.45) is 5.92 Å². The molecule has 766 valence electrons. The van der Waals surface area contributed by atoms with Crippen LogP contribution in [-0.2, 0) is 99.6 Å². The number of rotatable bonds is 32. The largest absolute Gasteiger partial charge is 0.503 e. The number of aliphatic hydroxyl groups excluding tert-OH is 1. The second kappa shape index (κ2) is 53.5. The first kappa shape index (κ1) is 113. The molecule has 4 atom stereocenters. The van der Waals surface area contributed by atoms with Crippen molar-refractivity contribution in [2.45, 2.75) is 131 Å². The van der Waals surface area contributed by atoms with Gasteiger partial charge in [-0.15, -0.1) is 0 Å². The van der Waals surface area contributed by atoms with Gasteiger partial charge in [0.05, 0.1) is 75.5 Å². The zero-order valence-electron chi connectivity index (χ0n) is 79.3. The van der Waals surface area contributed by atoms with Gasteiger partial charge < -0.3 is 77.6 Å². The van der Waals surface area contributed by atoms with Gasteiger partial charge in [0.25, 0.3) is 39.7 Å². The van der Waals surface area contributed by atoms with E-state index >= 15 is 0 Å².